The van der Waals surface area contributed by atoms with Gasteiger partial charge in [0.25, 0.3) is 0 Å². The monoisotopic (exact) mass is 236 g/mol. The molecule has 1 aromatic rings. The van der Waals surface area contributed by atoms with Crippen LogP contribution in [0.15, 0.2) is 24.3 Å². The molecule has 0 amide bonds. The van der Waals surface area contributed by atoms with Crippen molar-refractivity contribution in [2.45, 2.75) is 19.3 Å². The molecule has 92 valence electrons. The molecule has 17 heavy (non-hydrogen) atoms. The fraction of sp³-hybridized carbons (Fsp3) is 0.462. The Morgan fingerprint density at radius 1 is 1.35 bits per heavy atom. The second-order valence-corrected chi connectivity index (χ2v) is 4.54. The van der Waals surface area contributed by atoms with Gasteiger partial charge in [0, 0.05) is 13.2 Å². The summed E-state index contributed by atoms with van der Waals surface area (Å²) in [5.41, 5.74) is 0.112. The van der Waals surface area contributed by atoms with E-state index in [0.29, 0.717) is 32.5 Å². The molecule has 1 heterocycles. The molecule has 0 aliphatic carbocycles. The van der Waals surface area contributed by atoms with Crippen LogP contribution in [0.3, 0.4) is 0 Å². The van der Waals surface area contributed by atoms with Crippen LogP contribution >= 0.6 is 0 Å². The van der Waals surface area contributed by atoms with Gasteiger partial charge in [-0.1, -0.05) is 12.1 Å². The zero-order valence-corrected chi connectivity index (χ0v) is 9.56. The highest BCUT2D eigenvalue weighted by Crippen LogP contribution is 2.35. The number of phenolic OH excluding ortho intramolecular Hbond substituents is 1. The highest BCUT2D eigenvalue weighted by molar-refractivity contribution is 5.75. The SMILES string of the molecule is O=C(O)C1(Cc2cccc(O)c2)CCOCC1. The quantitative estimate of drug-likeness (QED) is 0.840. The molecular weight excluding hydrogens is 220 g/mol. The maximum Gasteiger partial charge on any atom is 0.310 e. The largest absolute Gasteiger partial charge is 0.508 e. The van der Waals surface area contributed by atoms with Crippen LogP contribution in [0.2, 0.25) is 0 Å². The molecule has 4 heteroatoms. The van der Waals surface area contributed by atoms with Crippen molar-refractivity contribution < 1.29 is 19.7 Å². The molecular formula is C13H16O4. The number of aromatic hydroxyl groups is 1. The summed E-state index contributed by atoms with van der Waals surface area (Å²) in [5, 5.41) is 18.8. The number of carbonyl (C=O) groups is 1. The number of rotatable bonds is 3. The van der Waals surface area contributed by atoms with Crippen molar-refractivity contribution in [3.05, 3.63) is 29.8 Å². The van der Waals surface area contributed by atoms with Crippen LogP contribution in [0, 0.1) is 5.41 Å². The van der Waals surface area contributed by atoms with E-state index in [-0.39, 0.29) is 5.75 Å². The van der Waals surface area contributed by atoms with E-state index in [1.165, 1.54) is 0 Å². The minimum Gasteiger partial charge on any atom is -0.508 e. The lowest BCUT2D eigenvalue weighted by Gasteiger charge is -2.33. The zero-order chi connectivity index (χ0) is 12.3. The summed E-state index contributed by atoms with van der Waals surface area (Å²) < 4.78 is 5.22. The van der Waals surface area contributed by atoms with Gasteiger partial charge < -0.3 is 14.9 Å². The fourth-order valence-corrected chi connectivity index (χ4v) is 2.29. The number of hydrogen-bond donors (Lipinski definition) is 2. The number of aliphatic carboxylic acids is 1. The molecule has 0 spiro atoms. The first kappa shape index (κ1) is 11.9. The summed E-state index contributed by atoms with van der Waals surface area (Å²) in [7, 11) is 0. The molecule has 1 aliphatic heterocycles. The lowest BCUT2D eigenvalue weighted by atomic mass is 9.75. The second-order valence-electron chi connectivity index (χ2n) is 4.54. The van der Waals surface area contributed by atoms with Crippen molar-refractivity contribution in [1.29, 1.82) is 0 Å². The standard InChI is InChI=1S/C13H16O4/c14-11-3-1-2-10(8-11)9-13(12(15)16)4-6-17-7-5-13/h1-3,8,14H,4-7,9H2,(H,15,16). The number of phenols is 1. The van der Waals surface area contributed by atoms with Gasteiger partial charge in [-0.2, -0.15) is 0 Å². The molecule has 2 rings (SSSR count). The Morgan fingerprint density at radius 3 is 2.65 bits per heavy atom. The van der Waals surface area contributed by atoms with Crippen molar-refractivity contribution in [2.24, 2.45) is 5.41 Å². The Kier molecular flexibility index (Phi) is 3.33. The smallest absolute Gasteiger partial charge is 0.310 e. The van der Waals surface area contributed by atoms with Crippen molar-refractivity contribution >= 4 is 5.97 Å². The van der Waals surface area contributed by atoms with E-state index in [1.807, 2.05) is 6.07 Å². The molecule has 1 fully saturated rings. The normalized spacial score (nSPS) is 18.8. The van der Waals surface area contributed by atoms with E-state index in [0.717, 1.165) is 5.56 Å². The van der Waals surface area contributed by atoms with Gasteiger partial charge in [-0.05, 0) is 37.0 Å². The second kappa shape index (κ2) is 4.75. The zero-order valence-electron chi connectivity index (χ0n) is 9.56. The van der Waals surface area contributed by atoms with Gasteiger partial charge in [0.05, 0.1) is 5.41 Å². The Balaban J connectivity index is 2.20. The lowest BCUT2D eigenvalue weighted by molar-refractivity contribution is -0.154. The Labute approximate surface area is 99.8 Å². The highest BCUT2D eigenvalue weighted by atomic mass is 16.5. The summed E-state index contributed by atoms with van der Waals surface area (Å²) in [6.07, 6.45) is 1.50. The van der Waals surface area contributed by atoms with Crippen LogP contribution in [0.1, 0.15) is 18.4 Å². The molecule has 0 atom stereocenters. The van der Waals surface area contributed by atoms with Gasteiger partial charge in [0.2, 0.25) is 0 Å². The molecule has 0 aromatic heterocycles. The first-order chi connectivity index (χ1) is 8.12. The topological polar surface area (TPSA) is 66.8 Å². The first-order valence-corrected chi connectivity index (χ1v) is 5.71. The fourth-order valence-electron chi connectivity index (χ4n) is 2.29. The van der Waals surface area contributed by atoms with Gasteiger partial charge in [0.1, 0.15) is 5.75 Å². The third-order valence-corrected chi connectivity index (χ3v) is 3.36. The number of carboxylic acids is 1. The average Bonchev–Trinajstić information content (AvgIpc) is 2.30. The van der Waals surface area contributed by atoms with Gasteiger partial charge in [0.15, 0.2) is 0 Å². The maximum atomic E-state index is 11.4. The number of ether oxygens (including phenoxy) is 1. The van der Waals surface area contributed by atoms with Crippen LogP contribution in [-0.4, -0.2) is 29.4 Å². The third-order valence-electron chi connectivity index (χ3n) is 3.36. The summed E-state index contributed by atoms with van der Waals surface area (Å²) in [4.78, 5) is 11.4. The van der Waals surface area contributed by atoms with Gasteiger partial charge in [-0.25, -0.2) is 0 Å². The van der Waals surface area contributed by atoms with E-state index < -0.39 is 11.4 Å². The Hall–Kier alpha value is -1.55. The molecule has 4 nitrogen and oxygen atoms in total. The van der Waals surface area contributed by atoms with Crippen LogP contribution in [0.5, 0.6) is 5.75 Å². The Morgan fingerprint density at radius 2 is 2.06 bits per heavy atom. The van der Waals surface area contributed by atoms with Crippen molar-refractivity contribution in [3.8, 4) is 5.75 Å². The molecule has 0 saturated carbocycles. The average molecular weight is 236 g/mol. The molecule has 1 aromatic carbocycles. The van der Waals surface area contributed by atoms with E-state index in [1.54, 1.807) is 18.2 Å². The maximum absolute atomic E-state index is 11.4. The van der Waals surface area contributed by atoms with E-state index in [9.17, 15) is 15.0 Å². The summed E-state index contributed by atoms with van der Waals surface area (Å²) in [5.74, 6) is -0.598. The van der Waals surface area contributed by atoms with Crippen LogP contribution in [0.25, 0.3) is 0 Å². The minimum absolute atomic E-state index is 0.176. The van der Waals surface area contributed by atoms with Gasteiger partial charge >= 0.3 is 5.97 Å². The van der Waals surface area contributed by atoms with Gasteiger partial charge in [-0.15, -0.1) is 0 Å². The molecule has 0 bridgehead atoms. The van der Waals surface area contributed by atoms with E-state index >= 15 is 0 Å². The van der Waals surface area contributed by atoms with Crippen LogP contribution < -0.4 is 0 Å². The van der Waals surface area contributed by atoms with Crippen molar-refractivity contribution in [2.75, 3.05) is 13.2 Å². The molecule has 1 saturated heterocycles. The lowest BCUT2D eigenvalue weighted by Crippen LogP contribution is -2.39. The predicted octanol–water partition coefficient (Wildman–Crippen LogP) is 1.82. The summed E-state index contributed by atoms with van der Waals surface area (Å²) >= 11 is 0. The molecule has 0 unspecified atom stereocenters. The summed E-state index contributed by atoms with van der Waals surface area (Å²) in [6.45, 7) is 0.982. The van der Waals surface area contributed by atoms with Crippen LogP contribution in [-0.2, 0) is 16.0 Å². The Bertz CT molecular complexity index is 408. The van der Waals surface area contributed by atoms with Crippen LogP contribution in [0.4, 0.5) is 0 Å². The summed E-state index contributed by atoms with van der Waals surface area (Å²) in [6, 6.07) is 6.79. The first-order valence-electron chi connectivity index (χ1n) is 5.71. The number of benzene rings is 1. The van der Waals surface area contributed by atoms with Crippen molar-refractivity contribution in [3.63, 3.8) is 0 Å². The molecule has 0 radical (unpaired) electrons. The number of carboxylic acid groups (broad SMARTS) is 1. The van der Waals surface area contributed by atoms with Gasteiger partial charge in [-0.3, -0.25) is 4.79 Å². The van der Waals surface area contributed by atoms with E-state index in [2.05, 4.69) is 0 Å². The predicted molar refractivity (Wildman–Crippen MR) is 61.9 cm³/mol. The molecule has 2 N–H and O–H groups in total. The van der Waals surface area contributed by atoms with Crippen molar-refractivity contribution in [1.82, 2.24) is 0 Å². The number of hydrogen-bond acceptors (Lipinski definition) is 3. The molecule has 1 aliphatic rings. The highest BCUT2D eigenvalue weighted by Gasteiger charge is 2.40. The third kappa shape index (κ3) is 2.58. The minimum atomic E-state index is -0.774. The van der Waals surface area contributed by atoms with E-state index in [4.69, 9.17) is 4.74 Å².